The van der Waals surface area contributed by atoms with Crippen molar-refractivity contribution in [1.82, 2.24) is 9.47 Å². The van der Waals surface area contributed by atoms with Gasteiger partial charge in [0.15, 0.2) is 0 Å². The Morgan fingerprint density at radius 1 is 0.964 bits per heavy atom. The first-order valence-electron chi connectivity index (χ1n) is 10.9. The van der Waals surface area contributed by atoms with Gasteiger partial charge in [-0.2, -0.15) is 0 Å². The summed E-state index contributed by atoms with van der Waals surface area (Å²) in [6, 6.07) is 8.20. The van der Waals surface area contributed by atoms with Gasteiger partial charge in [-0.05, 0) is 49.3 Å². The van der Waals surface area contributed by atoms with Crippen LogP contribution in [0.3, 0.4) is 0 Å². The largest absolute Gasteiger partial charge is 0.462 e. The SMILES string of the molecule is O=c1c(C2CCCCC2)ccc2n1C[C@@H]1C[C@@H]2CN(Cc2ccc(CO)o2)C1. The van der Waals surface area contributed by atoms with Crippen LogP contribution < -0.4 is 5.56 Å². The summed E-state index contributed by atoms with van der Waals surface area (Å²) in [4.78, 5) is 15.7. The van der Waals surface area contributed by atoms with Crippen LogP contribution in [0, 0.1) is 5.92 Å². The lowest BCUT2D eigenvalue weighted by Crippen LogP contribution is -2.47. The average Bonchev–Trinajstić information content (AvgIpc) is 3.17. The lowest BCUT2D eigenvalue weighted by molar-refractivity contribution is 0.106. The summed E-state index contributed by atoms with van der Waals surface area (Å²) in [5, 5.41) is 9.20. The molecule has 0 aromatic carbocycles. The van der Waals surface area contributed by atoms with Gasteiger partial charge in [0.2, 0.25) is 0 Å². The number of fused-ring (bicyclic) bond motifs is 4. The minimum atomic E-state index is -0.0507. The first-order valence-corrected chi connectivity index (χ1v) is 10.9. The number of hydrogen-bond acceptors (Lipinski definition) is 4. The second-order valence-electron chi connectivity index (χ2n) is 8.98. The predicted octanol–water partition coefficient (Wildman–Crippen LogP) is 3.60. The Bertz CT molecular complexity index is 893. The zero-order valence-electron chi connectivity index (χ0n) is 16.5. The zero-order valence-corrected chi connectivity index (χ0v) is 16.5. The molecule has 1 saturated carbocycles. The molecule has 2 bridgehead atoms. The van der Waals surface area contributed by atoms with Gasteiger partial charge in [0, 0.05) is 36.8 Å². The summed E-state index contributed by atoms with van der Waals surface area (Å²) in [7, 11) is 0. The average molecular weight is 383 g/mol. The highest BCUT2D eigenvalue weighted by Gasteiger charge is 2.35. The van der Waals surface area contributed by atoms with Crippen molar-refractivity contribution >= 4 is 0 Å². The maximum atomic E-state index is 13.3. The Morgan fingerprint density at radius 3 is 2.57 bits per heavy atom. The summed E-state index contributed by atoms with van der Waals surface area (Å²) < 4.78 is 7.79. The highest BCUT2D eigenvalue weighted by molar-refractivity contribution is 5.25. The maximum absolute atomic E-state index is 13.3. The summed E-state index contributed by atoms with van der Waals surface area (Å²) in [6.07, 6.45) is 7.37. The first-order chi connectivity index (χ1) is 13.7. The molecule has 2 fully saturated rings. The maximum Gasteiger partial charge on any atom is 0.254 e. The number of rotatable bonds is 4. The Morgan fingerprint density at radius 2 is 1.79 bits per heavy atom. The van der Waals surface area contributed by atoms with E-state index in [2.05, 4.69) is 21.6 Å². The van der Waals surface area contributed by atoms with Gasteiger partial charge in [0.1, 0.15) is 18.1 Å². The van der Waals surface area contributed by atoms with E-state index in [1.54, 1.807) is 0 Å². The molecule has 5 nitrogen and oxygen atoms in total. The van der Waals surface area contributed by atoms with Crippen molar-refractivity contribution in [1.29, 1.82) is 0 Å². The van der Waals surface area contributed by atoms with Crippen LogP contribution in [-0.2, 0) is 19.7 Å². The van der Waals surface area contributed by atoms with Crippen molar-refractivity contribution in [3.63, 3.8) is 0 Å². The Labute approximate surface area is 166 Å². The van der Waals surface area contributed by atoms with Crippen LogP contribution in [0.25, 0.3) is 0 Å². The number of aliphatic hydroxyl groups is 1. The van der Waals surface area contributed by atoms with Crippen LogP contribution in [-0.4, -0.2) is 27.7 Å². The lowest BCUT2D eigenvalue weighted by Gasteiger charge is -2.43. The fourth-order valence-corrected chi connectivity index (χ4v) is 5.73. The molecule has 0 spiro atoms. The number of furan rings is 1. The van der Waals surface area contributed by atoms with Crippen molar-refractivity contribution in [2.24, 2.45) is 5.92 Å². The molecule has 150 valence electrons. The van der Waals surface area contributed by atoms with Crippen LogP contribution in [0.15, 0.2) is 33.5 Å². The van der Waals surface area contributed by atoms with Crippen LogP contribution in [0.5, 0.6) is 0 Å². The van der Waals surface area contributed by atoms with Crippen LogP contribution in [0.4, 0.5) is 0 Å². The molecular weight excluding hydrogens is 352 g/mol. The number of piperidine rings is 1. The molecule has 1 N–H and O–H groups in total. The normalized spacial score (nSPS) is 25.6. The third kappa shape index (κ3) is 3.35. The summed E-state index contributed by atoms with van der Waals surface area (Å²) in [5.41, 5.74) is 2.57. The molecule has 2 atom stereocenters. The fourth-order valence-electron chi connectivity index (χ4n) is 5.73. The van der Waals surface area contributed by atoms with Crippen LogP contribution >= 0.6 is 0 Å². The molecule has 2 aliphatic heterocycles. The molecule has 5 rings (SSSR count). The Balaban J connectivity index is 1.36. The van der Waals surface area contributed by atoms with Crippen molar-refractivity contribution in [3.8, 4) is 0 Å². The number of likely N-dealkylation sites (tertiary alicyclic amines) is 1. The molecule has 2 aromatic rings. The fraction of sp³-hybridized carbons (Fsp3) is 0.609. The van der Waals surface area contributed by atoms with Crippen molar-refractivity contribution in [3.05, 3.63) is 57.4 Å². The zero-order chi connectivity index (χ0) is 19.1. The van der Waals surface area contributed by atoms with Gasteiger partial charge in [-0.15, -0.1) is 0 Å². The van der Waals surface area contributed by atoms with E-state index in [1.165, 1.54) is 44.2 Å². The summed E-state index contributed by atoms with van der Waals surface area (Å²) in [6.45, 7) is 3.54. The quantitative estimate of drug-likeness (QED) is 0.878. The summed E-state index contributed by atoms with van der Waals surface area (Å²) >= 11 is 0. The molecule has 3 aliphatic rings. The molecule has 0 radical (unpaired) electrons. The first kappa shape index (κ1) is 18.2. The molecule has 1 saturated heterocycles. The summed E-state index contributed by atoms with van der Waals surface area (Å²) in [5.74, 6) is 2.95. The van der Waals surface area contributed by atoms with Gasteiger partial charge in [-0.25, -0.2) is 0 Å². The van der Waals surface area contributed by atoms with E-state index < -0.39 is 0 Å². The van der Waals surface area contributed by atoms with Crippen molar-refractivity contribution in [2.45, 2.75) is 70.1 Å². The van der Waals surface area contributed by atoms with E-state index in [0.717, 1.165) is 37.5 Å². The topological polar surface area (TPSA) is 58.6 Å². The van der Waals surface area contributed by atoms with Gasteiger partial charge >= 0.3 is 0 Å². The number of hydrogen-bond donors (Lipinski definition) is 1. The van der Waals surface area contributed by atoms with Crippen molar-refractivity contribution in [2.75, 3.05) is 13.1 Å². The van der Waals surface area contributed by atoms with E-state index in [-0.39, 0.29) is 12.2 Å². The molecule has 0 amide bonds. The smallest absolute Gasteiger partial charge is 0.254 e. The standard InChI is InChI=1S/C23H30N2O3/c26-15-20-7-6-19(28-20)14-24-11-16-10-18(13-24)22-9-8-21(23(27)25(22)12-16)17-4-2-1-3-5-17/h6-9,16-18,26H,1-5,10-15H2/t16-,18-/m1/s1. The van der Waals surface area contributed by atoms with E-state index in [0.29, 0.717) is 23.5 Å². The second kappa shape index (κ2) is 7.53. The van der Waals surface area contributed by atoms with E-state index in [1.807, 2.05) is 12.1 Å². The van der Waals surface area contributed by atoms with Crippen LogP contribution in [0.1, 0.15) is 73.1 Å². The van der Waals surface area contributed by atoms with E-state index in [9.17, 15) is 9.90 Å². The highest BCUT2D eigenvalue weighted by atomic mass is 16.4. The third-order valence-electron chi connectivity index (χ3n) is 7.01. The predicted molar refractivity (Wildman–Crippen MR) is 107 cm³/mol. The minimum Gasteiger partial charge on any atom is -0.462 e. The molecule has 0 unspecified atom stereocenters. The number of nitrogens with zero attached hydrogens (tertiary/aromatic N) is 2. The molecule has 2 aromatic heterocycles. The third-order valence-corrected chi connectivity index (χ3v) is 7.01. The lowest BCUT2D eigenvalue weighted by atomic mass is 9.81. The molecule has 4 heterocycles. The van der Waals surface area contributed by atoms with Gasteiger partial charge in [-0.3, -0.25) is 9.69 Å². The number of aromatic nitrogens is 1. The molecule has 28 heavy (non-hydrogen) atoms. The minimum absolute atomic E-state index is 0.0507. The molecule has 5 heteroatoms. The van der Waals surface area contributed by atoms with Gasteiger partial charge in [-0.1, -0.05) is 25.3 Å². The molecule has 1 aliphatic carbocycles. The Hall–Kier alpha value is -1.85. The van der Waals surface area contributed by atoms with Crippen molar-refractivity contribution < 1.29 is 9.52 Å². The van der Waals surface area contributed by atoms with E-state index in [4.69, 9.17) is 4.42 Å². The monoisotopic (exact) mass is 382 g/mol. The second-order valence-corrected chi connectivity index (χ2v) is 8.98. The van der Waals surface area contributed by atoms with Gasteiger partial charge < -0.3 is 14.1 Å². The van der Waals surface area contributed by atoms with Gasteiger partial charge in [0.25, 0.3) is 5.56 Å². The van der Waals surface area contributed by atoms with Gasteiger partial charge in [0.05, 0.1) is 6.54 Å². The number of pyridine rings is 1. The molecular formula is C23H30N2O3. The number of aliphatic hydroxyl groups excluding tert-OH is 1. The highest BCUT2D eigenvalue weighted by Crippen LogP contribution is 2.37. The van der Waals surface area contributed by atoms with E-state index >= 15 is 0 Å². The van der Waals surface area contributed by atoms with Crippen LogP contribution in [0.2, 0.25) is 0 Å². The Kier molecular flexibility index (Phi) is 4.89.